The zero-order valence-corrected chi connectivity index (χ0v) is 17.2. The van der Waals surface area contributed by atoms with Gasteiger partial charge >= 0.3 is 6.18 Å². The van der Waals surface area contributed by atoms with Gasteiger partial charge < -0.3 is 4.98 Å². The number of sulfone groups is 1. The fourth-order valence-electron chi connectivity index (χ4n) is 4.21. The number of hydrogen-bond acceptors (Lipinski definition) is 3. The maximum absolute atomic E-state index is 14.4. The average Bonchev–Trinajstić information content (AvgIpc) is 3.32. The van der Waals surface area contributed by atoms with E-state index in [0.29, 0.717) is 28.5 Å². The molecule has 1 aliphatic carbocycles. The normalized spacial score (nSPS) is 19.9. The molecular weight excluding hydrogens is 432 g/mol. The first-order valence-electron chi connectivity index (χ1n) is 9.52. The number of H-pyrrole nitrogens is 1. The number of fused-ring (bicyclic) bond motifs is 1. The molecule has 0 aliphatic heterocycles. The SMILES string of the molecule is CS(=O)(=O)Cc1cc(F)cc2c(C(c3ccc(C(F)(F)F)cc3)C3CC3C#N)c[nH]c12. The van der Waals surface area contributed by atoms with E-state index in [1.807, 2.05) is 0 Å². The summed E-state index contributed by atoms with van der Waals surface area (Å²) in [6, 6.07) is 9.40. The van der Waals surface area contributed by atoms with E-state index >= 15 is 0 Å². The smallest absolute Gasteiger partial charge is 0.361 e. The molecule has 9 heteroatoms. The number of nitrogens with one attached hydrogen (secondary N) is 1. The predicted molar refractivity (Wildman–Crippen MR) is 107 cm³/mol. The summed E-state index contributed by atoms with van der Waals surface area (Å²) in [5, 5.41) is 9.78. The Morgan fingerprint density at radius 3 is 2.45 bits per heavy atom. The Bertz CT molecular complexity index is 1290. The Morgan fingerprint density at radius 2 is 1.90 bits per heavy atom. The van der Waals surface area contributed by atoms with Crippen LogP contribution in [0, 0.1) is 29.0 Å². The van der Waals surface area contributed by atoms with Crippen LogP contribution in [0.4, 0.5) is 17.6 Å². The van der Waals surface area contributed by atoms with Gasteiger partial charge in [-0.25, -0.2) is 12.8 Å². The highest BCUT2D eigenvalue weighted by atomic mass is 32.2. The molecule has 0 saturated heterocycles. The average molecular weight is 450 g/mol. The van der Waals surface area contributed by atoms with Gasteiger partial charge in [-0.3, -0.25) is 0 Å². The summed E-state index contributed by atoms with van der Waals surface area (Å²) in [6.07, 6.45) is -1.20. The van der Waals surface area contributed by atoms with Gasteiger partial charge in [0.15, 0.2) is 9.84 Å². The molecule has 0 bridgehead atoms. The fraction of sp³-hybridized carbons (Fsp3) is 0.318. The molecule has 1 aliphatic rings. The van der Waals surface area contributed by atoms with Crippen LogP contribution in [0.1, 0.15) is 34.6 Å². The molecule has 3 atom stereocenters. The Balaban J connectivity index is 1.84. The highest BCUT2D eigenvalue weighted by Gasteiger charge is 2.45. The molecule has 4 rings (SSSR count). The summed E-state index contributed by atoms with van der Waals surface area (Å²) in [6.45, 7) is 0. The van der Waals surface area contributed by atoms with Crippen molar-refractivity contribution in [1.82, 2.24) is 4.98 Å². The second kappa shape index (κ2) is 7.38. The van der Waals surface area contributed by atoms with Gasteiger partial charge in [0.2, 0.25) is 0 Å². The van der Waals surface area contributed by atoms with Gasteiger partial charge in [-0.05, 0) is 53.3 Å². The van der Waals surface area contributed by atoms with Crippen molar-refractivity contribution >= 4 is 20.7 Å². The number of nitriles is 1. The quantitative estimate of drug-likeness (QED) is 0.546. The summed E-state index contributed by atoms with van der Waals surface area (Å²) in [5.74, 6) is -1.75. The molecule has 162 valence electrons. The van der Waals surface area contributed by atoms with Gasteiger partial charge in [0, 0.05) is 23.8 Å². The summed E-state index contributed by atoms with van der Waals surface area (Å²) in [7, 11) is -3.42. The van der Waals surface area contributed by atoms with E-state index in [9.17, 15) is 31.2 Å². The predicted octanol–water partition coefficient (Wildman–Crippen LogP) is 5.16. The van der Waals surface area contributed by atoms with Gasteiger partial charge in [0.25, 0.3) is 0 Å². The molecule has 2 aromatic carbocycles. The molecular formula is C22H18F4N2O2S. The first-order chi connectivity index (χ1) is 14.5. The zero-order valence-electron chi connectivity index (χ0n) is 16.4. The lowest BCUT2D eigenvalue weighted by Gasteiger charge is -2.18. The number of aromatic nitrogens is 1. The first kappa shape index (κ1) is 21.4. The standard InChI is InChI=1S/C22H18F4N2O2S/c1-31(29,30)11-14-6-16(23)8-18-19(10-28-21(14)18)20(17-7-13(17)9-27)12-2-4-15(5-3-12)22(24,25)26/h2-6,8,10,13,17,20,28H,7,11H2,1H3. The van der Waals surface area contributed by atoms with Gasteiger partial charge in [-0.2, -0.15) is 18.4 Å². The van der Waals surface area contributed by atoms with Crippen molar-refractivity contribution in [2.24, 2.45) is 11.8 Å². The maximum Gasteiger partial charge on any atom is 0.416 e. The van der Waals surface area contributed by atoms with Crippen LogP contribution >= 0.6 is 0 Å². The highest BCUT2D eigenvalue weighted by Crippen LogP contribution is 2.52. The van der Waals surface area contributed by atoms with Crippen LogP contribution in [0.15, 0.2) is 42.6 Å². The number of hydrogen-bond donors (Lipinski definition) is 1. The van der Waals surface area contributed by atoms with Crippen LogP contribution in [0.2, 0.25) is 0 Å². The van der Waals surface area contributed by atoms with Crippen LogP contribution in [0.5, 0.6) is 0 Å². The molecule has 0 radical (unpaired) electrons. The Labute approximate surface area is 176 Å². The maximum atomic E-state index is 14.4. The highest BCUT2D eigenvalue weighted by molar-refractivity contribution is 7.89. The molecule has 31 heavy (non-hydrogen) atoms. The summed E-state index contributed by atoms with van der Waals surface area (Å²) in [4.78, 5) is 3.01. The molecule has 1 heterocycles. The lowest BCUT2D eigenvalue weighted by Crippen LogP contribution is -2.08. The Hall–Kier alpha value is -2.86. The van der Waals surface area contributed by atoms with Crippen molar-refractivity contribution in [1.29, 1.82) is 5.26 Å². The zero-order chi connectivity index (χ0) is 22.6. The molecule has 1 aromatic heterocycles. The van der Waals surface area contributed by atoms with Crippen molar-refractivity contribution < 1.29 is 26.0 Å². The number of rotatable bonds is 5. The van der Waals surface area contributed by atoms with E-state index in [4.69, 9.17) is 0 Å². The summed E-state index contributed by atoms with van der Waals surface area (Å²) >= 11 is 0. The van der Waals surface area contributed by atoms with Gasteiger partial charge in [0.1, 0.15) is 5.82 Å². The number of benzene rings is 2. The van der Waals surface area contributed by atoms with Gasteiger partial charge in [-0.1, -0.05) is 12.1 Å². The molecule has 1 N–H and O–H groups in total. The van der Waals surface area contributed by atoms with Crippen molar-refractivity contribution in [3.63, 3.8) is 0 Å². The molecule has 3 aromatic rings. The van der Waals surface area contributed by atoms with Crippen molar-refractivity contribution in [3.8, 4) is 6.07 Å². The molecule has 0 spiro atoms. The number of nitrogens with zero attached hydrogens (tertiary/aromatic N) is 1. The third-order valence-corrected chi connectivity index (χ3v) is 6.49. The van der Waals surface area contributed by atoms with Crippen LogP contribution in [-0.4, -0.2) is 19.7 Å². The number of aromatic amines is 1. The third-order valence-electron chi connectivity index (χ3n) is 5.65. The molecule has 4 nitrogen and oxygen atoms in total. The topological polar surface area (TPSA) is 73.7 Å². The van der Waals surface area contributed by atoms with Crippen molar-refractivity contribution in [2.45, 2.75) is 24.3 Å². The van der Waals surface area contributed by atoms with Crippen LogP contribution in [0.3, 0.4) is 0 Å². The minimum Gasteiger partial charge on any atom is -0.361 e. The van der Waals surface area contributed by atoms with Gasteiger partial charge in [-0.15, -0.1) is 0 Å². The summed E-state index contributed by atoms with van der Waals surface area (Å²) in [5.41, 5.74) is 1.19. The van der Waals surface area contributed by atoms with Crippen LogP contribution < -0.4 is 0 Å². The molecule has 0 amide bonds. The van der Waals surface area contributed by atoms with E-state index in [2.05, 4.69) is 11.1 Å². The summed E-state index contributed by atoms with van der Waals surface area (Å²) < 4.78 is 76.8. The van der Waals surface area contributed by atoms with E-state index in [1.54, 1.807) is 6.20 Å². The van der Waals surface area contributed by atoms with Crippen molar-refractivity contribution in [2.75, 3.05) is 6.26 Å². The number of alkyl halides is 3. The molecule has 1 fully saturated rings. The van der Waals surface area contributed by atoms with E-state index < -0.39 is 33.3 Å². The Kier molecular flexibility index (Phi) is 5.09. The largest absolute Gasteiger partial charge is 0.416 e. The first-order valence-corrected chi connectivity index (χ1v) is 11.6. The third kappa shape index (κ3) is 4.30. The molecule has 3 unspecified atom stereocenters. The van der Waals surface area contributed by atoms with Crippen LogP contribution in [0.25, 0.3) is 10.9 Å². The van der Waals surface area contributed by atoms with Crippen molar-refractivity contribution in [3.05, 3.63) is 70.7 Å². The van der Waals surface area contributed by atoms with E-state index in [1.165, 1.54) is 18.2 Å². The van der Waals surface area contributed by atoms with E-state index in [-0.39, 0.29) is 23.2 Å². The second-order valence-corrected chi connectivity index (χ2v) is 10.2. The lowest BCUT2D eigenvalue weighted by molar-refractivity contribution is -0.137. The fourth-order valence-corrected chi connectivity index (χ4v) is 5.00. The minimum absolute atomic E-state index is 0.123. The number of halogens is 4. The monoisotopic (exact) mass is 450 g/mol. The van der Waals surface area contributed by atoms with Gasteiger partial charge in [0.05, 0.1) is 28.8 Å². The second-order valence-electron chi connectivity index (χ2n) is 8.03. The lowest BCUT2D eigenvalue weighted by atomic mass is 9.85. The minimum atomic E-state index is -4.47. The van der Waals surface area contributed by atoms with E-state index in [0.717, 1.165) is 24.5 Å². The Morgan fingerprint density at radius 1 is 1.23 bits per heavy atom. The van der Waals surface area contributed by atoms with Crippen LogP contribution in [-0.2, 0) is 21.8 Å². The molecule has 1 saturated carbocycles.